The van der Waals surface area contributed by atoms with Gasteiger partial charge in [-0.3, -0.25) is 14.5 Å². The van der Waals surface area contributed by atoms with Crippen molar-refractivity contribution in [2.75, 3.05) is 67.3 Å². The predicted octanol–water partition coefficient (Wildman–Crippen LogP) is 4.35. The molecule has 0 aliphatic carbocycles. The molecule has 4 atom stereocenters. The second kappa shape index (κ2) is 14.7. The van der Waals surface area contributed by atoms with E-state index in [1.807, 2.05) is 23.1 Å². The van der Waals surface area contributed by atoms with Crippen LogP contribution in [0.2, 0.25) is 0 Å². The lowest BCUT2D eigenvalue weighted by Crippen LogP contribution is -2.45. The van der Waals surface area contributed by atoms with Crippen LogP contribution in [0.5, 0.6) is 11.5 Å². The van der Waals surface area contributed by atoms with Crippen LogP contribution in [-0.2, 0) is 14.3 Å². The summed E-state index contributed by atoms with van der Waals surface area (Å²) in [4.78, 5) is 30.8. The molecule has 41 heavy (non-hydrogen) atoms. The van der Waals surface area contributed by atoms with Crippen molar-refractivity contribution in [1.82, 2.24) is 9.80 Å². The van der Waals surface area contributed by atoms with Crippen molar-refractivity contribution in [2.45, 2.75) is 82.8 Å². The number of rotatable bonds is 15. The Morgan fingerprint density at radius 2 is 1.83 bits per heavy atom. The first-order chi connectivity index (χ1) is 19.7. The first-order valence-corrected chi connectivity index (χ1v) is 15.7. The molecule has 1 amide bonds. The molecule has 2 unspecified atom stereocenters. The number of hydrogen-bond donors (Lipinski definition) is 1. The molecule has 2 saturated heterocycles. The summed E-state index contributed by atoms with van der Waals surface area (Å²) in [6.45, 7) is 6.46. The number of carbonyl (C=O) groups is 2. The van der Waals surface area contributed by atoms with E-state index in [1.54, 1.807) is 0 Å². The molecular weight excluding hydrogens is 522 g/mol. The van der Waals surface area contributed by atoms with E-state index in [4.69, 9.17) is 14.2 Å². The van der Waals surface area contributed by atoms with E-state index in [0.717, 1.165) is 87.7 Å². The van der Waals surface area contributed by atoms with Crippen LogP contribution < -0.4 is 9.47 Å². The third-order valence-corrected chi connectivity index (χ3v) is 8.90. The second-order valence-corrected chi connectivity index (χ2v) is 13.1. The van der Waals surface area contributed by atoms with E-state index in [9.17, 15) is 14.7 Å². The zero-order chi connectivity index (χ0) is 29.4. The molecule has 0 saturated carbocycles. The van der Waals surface area contributed by atoms with E-state index in [-0.39, 0.29) is 37.3 Å². The Kier molecular flexibility index (Phi) is 11.3. The molecule has 9 heteroatoms. The van der Waals surface area contributed by atoms with E-state index in [0.29, 0.717) is 24.5 Å². The minimum Gasteiger partial charge on any atom is -0.481 e. The Morgan fingerprint density at radius 3 is 2.54 bits per heavy atom. The van der Waals surface area contributed by atoms with E-state index in [1.165, 1.54) is 0 Å². The van der Waals surface area contributed by atoms with Gasteiger partial charge in [0, 0.05) is 38.2 Å². The number of nitrogens with zero attached hydrogens (tertiary/aromatic N) is 3. The monoisotopic (exact) mass is 574 g/mol. The Morgan fingerprint density at radius 1 is 1.05 bits per heavy atom. The highest BCUT2D eigenvalue weighted by molar-refractivity contribution is 5.79. The number of hydrogen-bond acceptors (Lipinski definition) is 6. The van der Waals surface area contributed by atoms with Crippen molar-refractivity contribution in [2.24, 2.45) is 5.92 Å². The second-order valence-electron chi connectivity index (χ2n) is 13.1. The number of likely N-dealkylation sites (tertiary alicyclic amines) is 1. The molecule has 4 rings (SSSR count). The fourth-order valence-electron chi connectivity index (χ4n) is 6.60. The summed E-state index contributed by atoms with van der Waals surface area (Å²) >= 11 is 0. The minimum absolute atomic E-state index is 0.109. The number of carboxylic acid groups (broad SMARTS) is 1. The molecule has 3 heterocycles. The summed E-state index contributed by atoms with van der Waals surface area (Å²) in [5, 5.41) is 10.5. The molecule has 0 aromatic heterocycles. The molecule has 1 aromatic carbocycles. The van der Waals surface area contributed by atoms with Crippen molar-refractivity contribution in [3.05, 3.63) is 23.8 Å². The Bertz CT molecular complexity index is 1010. The Hall–Kier alpha value is -2.36. The first kappa shape index (κ1) is 31.6. The summed E-state index contributed by atoms with van der Waals surface area (Å²) < 4.78 is 18.0. The van der Waals surface area contributed by atoms with E-state index >= 15 is 0 Å². The van der Waals surface area contributed by atoms with Crippen LogP contribution in [0.1, 0.15) is 76.2 Å². The normalized spacial score (nSPS) is 24.5. The van der Waals surface area contributed by atoms with Gasteiger partial charge in [0.1, 0.15) is 0 Å². The zero-order valence-corrected chi connectivity index (χ0v) is 25.7. The molecule has 9 nitrogen and oxygen atoms in total. The summed E-state index contributed by atoms with van der Waals surface area (Å²) in [6, 6.07) is 5.53. The van der Waals surface area contributed by atoms with Gasteiger partial charge < -0.3 is 28.7 Å². The number of fused-ring (bicyclic) bond motifs is 1. The standard InChI is InChI=1S/C32H51N3O6/c1-5-6-16-33(17-8-9-18-35(2,3)4)30(36)22-34-21-26(24-12-15-28-29(20-24)41-23-40-28)31(32(37)38)27(34)14-13-25-11-7-10-19-39-25/h12,15,20,25-27,31H,5-11,13-14,16-19,21-23H2,1-4H3/p+1/t25?,26-,27+,31?/m1/s1. The van der Waals surface area contributed by atoms with Crippen molar-refractivity contribution in [3.8, 4) is 11.5 Å². The van der Waals surface area contributed by atoms with Crippen molar-refractivity contribution < 1.29 is 33.4 Å². The third-order valence-electron chi connectivity index (χ3n) is 8.90. The number of amides is 1. The highest BCUT2D eigenvalue weighted by Gasteiger charge is 2.47. The van der Waals surface area contributed by atoms with Crippen LogP contribution >= 0.6 is 0 Å². The molecule has 1 N–H and O–H groups in total. The van der Waals surface area contributed by atoms with Crippen molar-refractivity contribution in [1.29, 1.82) is 0 Å². The molecule has 3 aliphatic heterocycles. The summed E-state index contributed by atoms with van der Waals surface area (Å²) in [5.41, 5.74) is 0.929. The summed E-state index contributed by atoms with van der Waals surface area (Å²) in [5.74, 6) is -0.194. The molecular formula is C32H52N3O6+. The predicted molar refractivity (Wildman–Crippen MR) is 158 cm³/mol. The fourth-order valence-corrected chi connectivity index (χ4v) is 6.60. The van der Waals surface area contributed by atoms with Crippen LogP contribution in [0.4, 0.5) is 0 Å². The maximum atomic E-state index is 13.8. The van der Waals surface area contributed by atoms with Gasteiger partial charge in [0.05, 0.1) is 46.3 Å². The van der Waals surface area contributed by atoms with Crippen LogP contribution in [0.3, 0.4) is 0 Å². The lowest BCUT2D eigenvalue weighted by Gasteiger charge is -2.31. The van der Waals surface area contributed by atoms with Crippen molar-refractivity contribution in [3.63, 3.8) is 0 Å². The number of unbranched alkanes of at least 4 members (excludes halogenated alkanes) is 2. The zero-order valence-electron chi connectivity index (χ0n) is 25.7. The lowest BCUT2D eigenvalue weighted by atomic mass is 9.83. The number of aliphatic carboxylic acids is 1. The van der Waals surface area contributed by atoms with Crippen LogP contribution in [0, 0.1) is 5.92 Å². The van der Waals surface area contributed by atoms with E-state index < -0.39 is 11.9 Å². The average Bonchev–Trinajstić information content (AvgIpc) is 3.55. The molecule has 230 valence electrons. The van der Waals surface area contributed by atoms with Crippen molar-refractivity contribution >= 4 is 11.9 Å². The molecule has 3 aliphatic rings. The Balaban J connectivity index is 1.51. The molecule has 2 fully saturated rings. The molecule has 1 aromatic rings. The number of carboxylic acids is 1. The minimum atomic E-state index is -0.805. The van der Waals surface area contributed by atoms with Gasteiger partial charge in [0.25, 0.3) is 0 Å². The van der Waals surface area contributed by atoms with E-state index in [2.05, 4.69) is 33.0 Å². The number of benzene rings is 1. The van der Waals surface area contributed by atoms with Gasteiger partial charge in [-0.15, -0.1) is 0 Å². The quantitative estimate of drug-likeness (QED) is 0.246. The average molecular weight is 575 g/mol. The Labute approximate surface area is 246 Å². The van der Waals surface area contributed by atoms with Gasteiger partial charge in [-0.2, -0.15) is 0 Å². The topological polar surface area (TPSA) is 88.5 Å². The number of carbonyl (C=O) groups excluding carboxylic acids is 1. The highest BCUT2D eigenvalue weighted by Crippen LogP contribution is 2.43. The van der Waals surface area contributed by atoms with Gasteiger partial charge >= 0.3 is 5.97 Å². The van der Waals surface area contributed by atoms with Gasteiger partial charge in [0.15, 0.2) is 11.5 Å². The van der Waals surface area contributed by atoms with Gasteiger partial charge in [-0.05, 0) is 69.1 Å². The number of ether oxygens (including phenoxy) is 3. The third kappa shape index (κ3) is 8.82. The lowest BCUT2D eigenvalue weighted by molar-refractivity contribution is -0.870. The largest absolute Gasteiger partial charge is 0.481 e. The SMILES string of the molecule is CCCCN(CCCC[N+](C)(C)C)C(=O)CN1C[C@H](c2ccc3c(c2)OCO3)C(C(=O)O)[C@@H]1CCC1CCCCO1. The number of quaternary nitrogens is 1. The summed E-state index contributed by atoms with van der Waals surface area (Å²) in [6.07, 6.45) is 9.00. The maximum absolute atomic E-state index is 13.8. The summed E-state index contributed by atoms with van der Waals surface area (Å²) in [7, 11) is 6.59. The van der Waals surface area contributed by atoms with Gasteiger partial charge in [-0.1, -0.05) is 19.4 Å². The first-order valence-electron chi connectivity index (χ1n) is 15.7. The fraction of sp³-hybridized carbons (Fsp3) is 0.750. The van der Waals surface area contributed by atoms with Gasteiger partial charge in [0.2, 0.25) is 12.7 Å². The molecule has 0 spiro atoms. The van der Waals surface area contributed by atoms with Crippen LogP contribution in [0.25, 0.3) is 0 Å². The highest BCUT2D eigenvalue weighted by atomic mass is 16.7. The smallest absolute Gasteiger partial charge is 0.308 e. The molecule has 0 bridgehead atoms. The maximum Gasteiger partial charge on any atom is 0.308 e. The van der Waals surface area contributed by atoms with Gasteiger partial charge in [-0.25, -0.2) is 0 Å². The molecule has 0 radical (unpaired) electrons. The van der Waals surface area contributed by atoms with Crippen LogP contribution in [-0.4, -0.2) is 111 Å². The van der Waals surface area contributed by atoms with Crippen LogP contribution in [0.15, 0.2) is 18.2 Å².